The van der Waals surface area contributed by atoms with Crippen LogP contribution >= 0.6 is 0 Å². The van der Waals surface area contributed by atoms with E-state index in [1.807, 2.05) is 29.2 Å². The molecule has 0 radical (unpaired) electrons. The molecule has 5 heteroatoms. The zero-order valence-corrected chi connectivity index (χ0v) is 16.4. The molecule has 1 aromatic carbocycles. The van der Waals surface area contributed by atoms with Gasteiger partial charge in [-0.25, -0.2) is 4.79 Å². The maximum absolute atomic E-state index is 12.3. The summed E-state index contributed by atoms with van der Waals surface area (Å²) in [6, 6.07) is 6.86. The first kappa shape index (κ1) is 20.6. The zero-order valence-electron chi connectivity index (χ0n) is 16.4. The van der Waals surface area contributed by atoms with Gasteiger partial charge in [-0.2, -0.15) is 0 Å². The number of carbonyl (C=O) groups is 2. The van der Waals surface area contributed by atoms with Crippen LogP contribution in [0.3, 0.4) is 0 Å². The lowest BCUT2D eigenvalue weighted by Gasteiger charge is -2.24. The number of carboxylic acid groups (broad SMARTS) is 1. The Bertz CT molecular complexity index is 691. The Kier molecular flexibility index (Phi) is 7.26. The maximum Gasteiger partial charge on any atom is 0.335 e. The van der Waals surface area contributed by atoms with E-state index >= 15 is 0 Å². The van der Waals surface area contributed by atoms with E-state index in [1.165, 1.54) is 32.1 Å². The highest BCUT2D eigenvalue weighted by Gasteiger charge is 2.28. The molecule has 1 aliphatic heterocycles. The number of nitrogens with zero attached hydrogens (tertiary/aromatic N) is 1. The maximum atomic E-state index is 12.3. The number of aliphatic hydroxyl groups excluding tert-OH is 1. The third-order valence-corrected chi connectivity index (χ3v) is 6.07. The van der Waals surface area contributed by atoms with Crippen LogP contribution in [0.4, 0.5) is 0 Å². The van der Waals surface area contributed by atoms with E-state index < -0.39 is 12.1 Å². The number of likely N-dealkylation sites (tertiary alicyclic amines) is 1. The van der Waals surface area contributed by atoms with Crippen LogP contribution in [0.5, 0.6) is 0 Å². The number of hydrogen-bond acceptors (Lipinski definition) is 3. The second-order valence-corrected chi connectivity index (χ2v) is 8.14. The normalized spacial score (nSPS) is 22.1. The molecule has 0 aromatic heterocycles. The molecule has 1 amide bonds. The summed E-state index contributed by atoms with van der Waals surface area (Å²) in [5.74, 6) is -0.152. The van der Waals surface area contributed by atoms with Crippen LogP contribution in [0.2, 0.25) is 0 Å². The molecule has 1 aromatic rings. The van der Waals surface area contributed by atoms with E-state index in [0.29, 0.717) is 25.3 Å². The summed E-state index contributed by atoms with van der Waals surface area (Å²) >= 11 is 0. The second-order valence-electron chi connectivity index (χ2n) is 8.14. The third kappa shape index (κ3) is 5.68. The summed E-state index contributed by atoms with van der Waals surface area (Å²) in [6.07, 6.45) is 12.6. The van der Waals surface area contributed by atoms with E-state index in [4.69, 9.17) is 5.11 Å². The van der Waals surface area contributed by atoms with Crippen molar-refractivity contribution in [2.75, 3.05) is 6.54 Å². The lowest BCUT2D eigenvalue weighted by Crippen LogP contribution is -2.33. The predicted octanol–water partition coefficient (Wildman–Crippen LogP) is 3.81. The minimum Gasteiger partial charge on any atom is -0.478 e. The fourth-order valence-electron chi connectivity index (χ4n) is 4.41. The summed E-state index contributed by atoms with van der Waals surface area (Å²) in [6.45, 7) is 0.610. The molecule has 5 nitrogen and oxygen atoms in total. The number of aliphatic hydroxyl groups is 1. The SMILES string of the molecule is O=C(O)c1ccc(CCN2C(=O)CCC2/C=C\C(O)CC2CCCCC2)cc1. The first-order valence-corrected chi connectivity index (χ1v) is 10.5. The van der Waals surface area contributed by atoms with Crippen molar-refractivity contribution in [2.24, 2.45) is 5.92 Å². The third-order valence-electron chi connectivity index (χ3n) is 6.07. The minimum atomic E-state index is -0.932. The van der Waals surface area contributed by atoms with Gasteiger partial charge in [-0.15, -0.1) is 0 Å². The molecule has 3 rings (SSSR count). The number of rotatable bonds is 8. The van der Waals surface area contributed by atoms with Crippen molar-refractivity contribution in [1.82, 2.24) is 4.90 Å². The zero-order chi connectivity index (χ0) is 19.9. The van der Waals surface area contributed by atoms with E-state index in [9.17, 15) is 14.7 Å². The Morgan fingerprint density at radius 3 is 2.54 bits per heavy atom. The molecule has 28 heavy (non-hydrogen) atoms. The molecule has 2 fully saturated rings. The molecule has 1 aliphatic carbocycles. The minimum absolute atomic E-state index is 0.0480. The second kappa shape index (κ2) is 9.87. The van der Waals surface area contributed by atoms with Gasteiger partial charge in [0.1, 0.15) is 0 Å². The Morgan fingerprint density at radius 2 is 1.86 bits per heavy atom. The van der Waals surface area contributed by atoms with Gasteiger partial charge in [-0.3, -0.25) is 4.79 Å². The van der Waals surface area contributed by atoms with Crippen molar-refractivity contribution >= 4 is 11.9 Å². The number of amides is 1. The smallest absolute Gasteiger partial charge is 0.335 e. The van der Waals surface area contributed by atoms with E-state index in [1.54, 1.807) is 12.1 Å². The summed E-state index contributed by atoms with van der Waals surface area (Å²) in [5, 5.41) is 19.3. The first-order valence-electron chi connectivity index (χ1n) is 10.5. The van der Waals surface area contributed by atoms with Gasteiger partial charge in [0.05, 0.1) is 17.7 Å². The highest BCUT2D eigenvalue weighted by molar-refractivity contribution is 5.87. The Labute approximate surface area is 167 Å². The van der Waals surface area contributed by atoms with Crippen molar-refractivity contribution in [2.45, 2.75) is 69.9 Å². The summed E-state index contributed by atoms with van der Waals surface area (Å²) in [5.41, 5.74) is 1.29. The van der Waals surface area contributed by atoms with Gasteiger partial charge < -0.3 is 15.1 Å². The van der Waals surface area contributed by atoms with E-state index in [-0.39, 0.29) is 17.5 Å². The van der Waals surface area contributed by atoms with Gasteiger partial charge in [0.2, 0.25) is 5.91 Å². The van der Waals surface area contributed by atoms with Gasteiger partial charge in [0.25, 0.3) is 0 Å². The monoisotopic (exact) mass is 385 g/mol. The van der Waals surface area contributed by atoms with Crippen LogP contribution in [0, 0.1) is 5.92 Å². The molecular weight excluding hydrogens is 354 g/mol. The Morgan fingerprint density at radius 1 is 1.14 bits per heavy atom. The number of benzene rings is 1. The first-order chi connectivity index (χ1) is 13.5. The van der Waals surface area contributed by atoms with Crippen molar-refractivity contribution in [3.63, 3.8) is 0 Å². The highest BCUT2D eigenvalue weighted by Crippen LogP contribution is 2.28. The molecule has 2 atom stereocenters. The van der Waals surface area contributed by atoms with Gasteiger partial charge in [0, 0.05) is 13.0 Å². The number of aromatic carboxylic acids is 1. The Balaban J connectivity index is 1.51. The van der Waals surface area contributed by atoms with Crippen molar-refractivity contribution < 1.29 is 19.8 Å². The topological polar surface area (TPSA) is 77.8 Å². The number of carboxylic acids is 1. The van der Waals surface area contributed by atoms with Crippen LogP contribution in [0.1, 0.15) is 67.3 Å². The fraction of sp³-hybridized carbons (Fsp3) is 0.565. The lowest BCUT2D eigenvalue weighted by molar-refractivity contribution is -0.128. The van der Waals surface area contributed by atoms with E-state index in [0.717, 1.165) is 18.4 Å². The largest absolute Gasteiger partial charge is 0.478 e. The molecule has 0 spiro atoms. The molecule has 0 bridgehead atoms. The summed E-state index contributed by atoms with van der Waals surface area (Å²) in [4.78, 5) is 25.1. The van der Waals surface area contributed by atoms with E-state index in [2.05, 4.69) is 0 Å². The summed E-state index contributed by atoms with van der Waals surface area (Å²) in [7, 11) is 0. The van der Waals surface area contributed by atoms with Crippen molar-refractivity contribution in [1.29, 1.82) is 0 Å². The van der Waals surface area contributed by atoms with Gasteiger partial charge in [0.15, 0.2) is 0 Å². The van der Waals surface area contributed by atoms with Gasteiger partial charge in [-0.05, 0) is 42.9 Å². The standard InChI is InChI=1S/C23H31NO4/c25-21(16-18-4-2-1-3-5-18)12-10-20-11-13-22(26)24(20)15-14-17-6-8-19(9-7-17)23(27)28/h6-10,12,18,20-21,25H,1-5,11,13-16H2,(H,27,28)/b12-10-. The molecule has 1 saturated carbocycles. The van der Waals surface area contributed by atoms with Gasteiger partial charge in [-0.1, -0.05) is 56.4 Å². The Hall–Kier alpha value is -2.14. The molecular formula is C23H31NO4. The highest BCUT2D eigenvalue weighted by atomic mass is 16.4. The summed E-state index contributed by atoms with van der Waals surface area (Å²) < 4.78 is 0. The van der Waals surface area contributed by atoms with Gasteiger partial charge >= 0.3 is 5.97 Å². The lowest BCUT2D eigenvalue weighted by atomic mass is 9.85. The predicted molar refractivity (Wildman–Crippen MR) is 108 cm³/mol. The number of carbonyl (C=O) groups excluding carboxylic acids is 1. The number of hydrogen-bond donors (Lipinski definition) is 2. The van der Waals surface area contributed by atoms with Crippen LogP contribution < -0.4 is 0 Å². The average Bonchev–Trinajstić information content (AvgIpc) is 3.05. The van der Waals surface area contributed by atoms with Crippen molar-refractivity contribution in [3.05, 3.63) is 47.5 Å². The molecule has 1 heterocycles. The van der Waals surface area contributed by atoms with Crippen LogP contribution in [0.15, 0.2) is 36.4 Å². The molecule has 152 valence electrons. The van der Waals surface area contributed by atoms with Crippen LogP contribution in [0.25, 0.3) is 0 Å². The van der Waals surface area contributed by atoms with Crippen molar-refractivity contribution in [3.8, 4) is 0 Å². The fourth-order valence-corrected chi connectivity index (χ4v) is 4.41. The van der Waals surface area contributed by atoms with Crippen LogP contribution in [-0.2, 0) is 11.2 Å². The molecule has 2 aliphatic rings. The molecule has 1 saturated heterocycles. The molecule has 2 unspecified atom stereocenters. The van der Waals surface area contributed by atoms with Crippen LogP contribution in [-0.4, -0.2) is 45.7 Å². The quantitative estimate of drug-likeness (QED) is 0.667. The molecule has 2 N–H and O–H groups in total. The average molecular weight is 386 g/mol.